The van der Waals surface area contributed by atoms with Crippen LogP contribution in [0.5, 0.6) is 0 Å². The predicted molar refractivity (Wildman–Crippen MR) is 118 cm³/mol. The van der Waals surface area contributed by atoms with Gasteiger partial charge in [-0.05, 0) is 20.3 Å². The number of piperidine rings is 2. The number of hydrogen-bond acceptors (Lipinski definition) is 4. The molecule has 3 aliphatic rings. The summed E-state index contributed by atoms with van der Waals surface area (Å²) in [5.41, 5.74) is 1.19. The van der Waals surface area contributed by atoms with Crippen molar-refractivity contribution in [1.29, 1.82) is 0 Å². The van der Waals surface area contributed by atoms with Gasteiger partial charge in [0.2, 0.25) is 0 Å². The van der Waals surface area contributed by atoms with Crippen LogP contribution in [-0.4, -0.2) is 84.6 Å². The number of allylic oxidation sites excluding steroid dienone is 2. The zero-order valence-electron chi connectivity index (χ0n) is 19.5. The van der Waals surface area contributed by atoms with Crippen LogP contribution < -0.4 is 0 Å². The standard InChI is InChI=1S/C15H22N3.C5H12O2.2H2NO3.Tm/c1-3-10-16-12(6-1)14-8-5-9-15(18-14)13-7-2-4-11-17-13;1-4(6)3-5(2)7;2*2-1(3)4;/h1,3,6,13-15H,2,4-5,7-11H2;4-7H,3H2,1-2H3;2*(H2,2,3,4);/q-3;;2*+1;+3. The summed E-state index contributed by atoms with van der Waals surface area (Å²) in [6.07, 6.45) is 13.6. The SMILES string of the molecule is C1=CC[N-]C(C2CCCC(C3CCCC[N-]3)[N-]2)=C1.CC(O)CC(C)O.O=[N+](O)O.O=[N+](O)O.[Tm+3]. The van der Waals surface area contributed by atoms with Gasteiger partial charge in [-0.3, -0.25) is 0 Å². The minimum absolute atomic E-state index is 0. The van der Waals surface area contributed by atoms with Gasteiger partial charge in [0, 0.05) is 0 Å². The Labute approximate surface area is 229 Å². The summed E-state index contributed by atoms with van der Waals surface area (Å²) >= 11 is 0. The van der Waals surface area contributed by atoms with Gasteiger partial charge < -0.3 is 26.2 Å². The summed E-state index contributed by atoms with van der Waals surface area (Å²) < 4.78 is 0. The van der Waals surface area contributed by atoms with Gasteiger partial charge in [0.25, 0.3) is 0 Å². The van der Waals surface area contributed by atoms with E-state index in [9.17, 15) is 0 Å². The summed E-state index contributed by atoms with van der Waals surface area (Å²) in [7, 11) is 0. The second-order valence-corrected chi connectivity index (χ2v) is 7.93. The van der Waals surface area contributed by atoms with Crippen LogP contribution >= 0.6 is 0 Å². The van der Waals surface area contributed by atoms with Gasteiger partial charge in [-0.1, -0.05) is 50.7 Å². The van der Waals surface area contributed by atoms with Crippen molar-refractivity contribution in [3.63, 3.8) is 0 Å². The van der Waals surface area contributed by atoms with E-state index in [-0.39, 0.29) is 49.1 Å². The molecule has 3 aliphatic heterocycles. The minimum atomic E-state index is -1.25. The van der Waals surface area contributed by atoms with Crippen LogP contribution in [0.25, 0.3) is 16.0 Å². The van der Waals surface area contributed by atoms with Crippen LogP contribution in [0.1, 0.15) is 58.8 Å². The van der Waals surface area contributed by atoms with E-state index in [2.05, 4.69) is 23.5 Å². The Morgan fingerprint density at radius 2 is 1.50 bits per heavy atom. The minimum Gasteiger partial charge on any atom is -0.686 e. The molecule has 3 heterocycles. The normalized spacial score (nSPS) is 24.8. The van der Waals surface area contributed by atoms with Crippen LogP contribution in [-0.2, 0) is 0 Å². The van der Waals surface area contributed by atoms with Crippen molar-refractivity contribution in [2.45, 2.75) is 89.1 Å². The quantitative estimate of drug-likeness (QED) is 0.250. The van der Waals surface area contributed by atoms with E-state index in [4.69, 9.17) is 51.5 Å². The number of nitrogens with zero attached hydrogens (tertiary/aromatic N) is 5. The average molecular weight is 645 g/mol. The Morgan fingerprint density at radius 1 is 0.941 bits per heavy atom. The zero-order valence-corrected chi connectivity index (χ0v) is 21.3. The van der Waals surface area contributed by atoms with Crippen LogP contribution in [0.3, 0.4) is 0 Å². The third-order valence-corrected chi connectivity index (χ3v) is 4.87. The molecule has 3 rings (SSSR count). The molecule has 2 saturated heterocycles. The van der Waals surface area contributed by atoms with Gasteiger partial charge in [-0.15, -0.1) is 25.2 Å². The van der Waals surface area contributed by atoms with E-state index in [0.29, 0.717) is 24.5 Å². The van der Waals surface area contributed by atoms with E-state index in [1.165, 1.54) is 44.2 Å². The summed E-state index contributed by atoms with van der Waals surface area (Å²) in [5.74, 6) is 0. The Hall–Kier alpha value is -1.25. The summed E-state index contributed by atoms with van der Waals surface area (Å²) in [4.78, 5) is 16.9. The van der Waals surface area contributed by atoms with Gasteiger partial charge in [-0.2, -0.15) is 17.8 Å². The molecule has 0 radical (unpaired) electrons. The number of rotatable bonds is 4. The largest absolute Gasteiger partial charge is 3.00 e. The number of aliphatic hydroxyl groups excluding tert-OH is 2. The predicted octanol–water partition coefficient (Wildman–Crippen LogP) is 3.26. The first-order valence-corrected chi connectivity index (χ1v) is 11.0. The molecule has 13 nitrogen and oxygen atoms in total. The molecule has 0 aromatic rings. The first kappa shape index (κ1) is 34.9. The maximum atomic E-state index is 8.56. The van der Waals surface area contributed by atoms with Gasteiger partial charge in [0.05, 0.1) is 12.2 Å². The van der Waals surface area contributed by atoms with E-state index < -0.39 is 10.2 Å². The van der Waals surface area contributed by atoms with E-state index in [0.717, 1.165) is 13.1 Å². The maximum Gasteiger partial charge on any atom is 3.00 e. The fraction of sp³-hybridized carbons (Fsp3) is 0.800. The molecule has 0 aliphatic carbocycles. The molecule has 6 N–H and O–H groups in total. The van der Waals surface area contributed by atoms with Gasteiger partial charge in [0.1, 0.15) is 9.81 Å². The van der Waals surface area contributed by atoms with Crippen molar-refractivity contribution < 1.29 is 78.1 Å². The first-order valence-electron chi connectivity index (χ1n) is 11.0. The Balaban J connectivity index is 0. The van der Waals surface area contributed by atoms with Gasteiger partial charge in [-0.25, -0.2) is 20.8 Å². The van der Waals surface area contributed by atoms with Crippen molar-refractivity contribution >= 4 is 0 Å². The maximum absolute atomic E-state index is 8.56. The molecule has 0 amide bonds. The summed E-state index contributed by atoms with van der Waals surface area (Å²) in [6, 6.07) is 1.30. The molecule has 0 bridgehead atoms. The summed E-state index contributed by atoms with van der Waals surface area (Å²) in [5, 5.41) is 56.6. The average Bonchev–Trinajstić information content (AvgIpc) is 2.74. The van der Waals surface area contributed by atoms with Crippen molar-refractivity contribution in [1.82, 2.24) is 0 Å². The monoisotopic (exact) mass is 645 g/mol. The smallest absolute Gasteiger partial charge is 0.686 e. The molecule has 202 valence electrons. The number of hydrogen-bond donors (Lipinski definition) is 6. The molecular formula is C20H38N5O8Tm+2. The van der Waals surface area contributed by atoms with Crippen LogP contribution in [0.2, 0.25) is 0 Å². The van der Waals surface area contributed by atoms with E-state index in [1.807, 2.05) is 0 Å². The van der Waals surface area contributed by atoms with Crippen molar-refractivity contribution in [3.05, 3.63) is 49.7 Å². The van der Waals surface area contributed by atoms with Gasteiger partial charge >= 0.3 is 47.0 Å². The van der Waals surface area contributed by atoms with Crippen molar-refractivity contribution in [2.24, 2.45) is 0 Å². The Bertz CT molecular complexity index is 590. The van der Waals surface area contributed by atoms with E-state index >= 15 is 0 Å². The van der Waals surface area contributed by atoms with Crippen molar-refractivity contribution in [2.75, 3.05) is 13.1 Å². The van der Waals surface area contributed by atoms with Crippen LogP contribution in [0.15, 0.2) is 23.9 Å². The molecule has 0 aromatic carbocycles. The molecule has 0 saturated carbocycles. The molecule has 34 heavy (non-hydrogen) atoms. The molecule has 5 unspecified atom stereocenters. The fourth-order valence-corrected chi connectivity index (χ4v) is 3.69. The summed E-state index contributed by atoms with van der Waals surface area (Å²) in [6.45, 7) is 5.20. The molecule has 5 atom stereocenters. The fourth-order valence-electron chi connectivity index (χ4n) is 3.69. The topological polar surface area (TPSA) is 204 Å². The third kappa shape index (κ3) is 20.2. The van der Waals surface area contributed by atoms with Crippen molar-refractivity contribution in [3.8, 4) is 0 Å². The molecular weight excluding hydrogens is 607 g/mol. The first-order chi connectivity index (χ1) is 15.5. The number of aliphatic hydroxyl groups is 2. The second-order valence-electron chi connectivity index (χ2n) is 7.93. The molecule has 14 heteroatoms. The van der Waals surface area contributed by atoms with Crippen LogP contribution in [0, 0.1) is 46.7 Å². The zero-order chi connectivity index (χ0) is 25.2. The molecule has 2 fully saturated rings. The van der Waals surface area contributed by atoms with E-state index in [1.54, 1.807) is 13.8 Å². The molecule has 0 aromatic heterocycles. The Morgan fingerprint density at radius 3 is 1.91 bits per heavy atom. The second kappa shape index (κ2) is 21.1. The third-order valence-electron chi connectivity index (χ3n) is 4.87. The van der Waals surface area contributed by atoms with Crippen LogP contribution in [0.4, 0.5) is 0 Å². The van der Waals surface area contributed by atoms with Gasteiger partial charge in [0.15, 0.2) is 0 Å². The Kier molecular flexibility index (Phi) is 21.6. The molecule has 0 spiro atoms.